The molecule has 2 rings (SSSR count). The maximum absolute atomic E-state index is 11.9. The molecule has 4 nitrogen and oxygen atoms in total. The van der Waals surface area contributed by atoms with E-state index in [2.05, 4.69) is 10.6 Å². The molecule has 2 aromatic rings. The molecule has 0 aromatic heterocycles. The predicted molar refractivity (Wildman–Crippen MR) is 84.5 cm³/mol. The summed E-state index contributed by atoms with van der Waals surface area (Å²) in [6.07, 6.45) is 0. The third-order valence-corrected chi connectivity index (χ3v) is 2.81. The van der Waals surface area contributed by atoms with Gasteiger partial charge in [-0.15, -0.1) is 0 Å². The normalized spacial score (nSPS) is 9.80. The molecule has 2 aromatic carbocycles. The third kappa shape index (κ3) is 4.07. The van der Waals surface area contributed by atoms with Crippen molar-refractivity contribution < 1.29 is 4.79 Å². The number of hydrogen-bond donors (Lipinski definition) is 3. The van der Waals surface area contributed by atoms with Crippen LogP contribution in [0.25, 0.3) is 0 Å². The molecule has 102 valence electrons. The van der Waals surface area contributed by atoms with Crippen molar-refractivity contribution in [3.8, 4) is 0 Å². The van der Waals surface area contributed by atoms with Crippen molar-refractivity contribution in [3.05, 3.63) is 65.7 Å². The molecule has 0 spiro atoms. The summed E-state index contributed by atoms with van der Waals surface area (Å²) < 4.78 is 0. The maximum atomic E-state index is 11.9. The molecule has 0 saturated carbocycles. The van der Waals surface area contributed by atoms with Crippen molar-refractivity contribution in [2.45, 2.75) is 6.54 Å². The van der Waals surface area contributed by atoms with Crippen LogP contribution >= 0.6 is 12.2 Å². The predicted octanol–water partition coefficient (Wildman–Crippen LogP) is 2.27. The SMILES string of the molecule is NC(=S)Nc1ccc(CNC(=O)c2ccccc2)cc1. The van der Waals surface area contributed by atoms with E-state index in [1.165, 1.54) is 0 Å². The van der Waals surface area contributed by atoms with E-state index >= 15 is 0 Å². The Bertz CT molecular complexity index is 596. The van der Waals surface area contributed by atoms with Gasteiger partial charge in [-0.25, -0.2) is 0 Å². The van der Waals surface area contributed by atoms with E-state index in [0.717, 1.165) is 11.3 Å². The Kier molecular flexibility index (Phi) is 4.68. The summed E-state index contributed by atoms with van der Waals surface area (Å²) in [5, 5.41) is 5.94. The number of carbonyl (C=O) groups is 1. The van der Waals surface area contributed by atoms with Crippen LogP contribution in [0.15, 0.2) is 54.6 Å². The fraction of sp³-hybridized carbons (Fsp3) is 0.0667. The standard InChI is InChI=1S/C15H15N3OS/c16-15(20)18-13-8-6-11(7-9-13)10-17-14(19)12-4-2-1-3-5-12/h1-9H,10H2,(H,17,19)(H3,16,18,20). The number of rotatable bonds is 4. The third-order valence-electron chi connectivity index (χ3n) is 2.71. The molecule has 0 radical (unpaired) electrons. The van der Waals surface area contributed by atoms with Crippen LogP contribution in [0.4, 0.5) is 5.69 Å². The van der Waals surface area contributed by atoms with E-state index in [9.17, 15) is 4.79 Å². The molecular formula is C15H15N3OS. The van der Waals surface area contributed by atoms with Gasteiger partial charge in [0.25, 0.3) is 5.91 Å². The van der Waals surface area contributed by atoms with Gasteiger partial charge in [-0.05, 0) is 42.0 Å². The van der Waals surface area contributed by atoms with Crippen molar-refractivity contribution in [3.63, 3.8) is 0 Å². The highest BCUT2D eigenvalue weighted by Gasteiger charge is 2.03. The second-order valence-corrected chi connectivity index (χ2v) is 4.67. The molecule has 0 atom stereocenters. The van der Waals surface area contributed by atoms with Gasteiger partial charge in [0.2, 0.25) is 0 Å². The van der Waals surface area contributed by atoms with Crippen LogP contribution in [-0.2, 0) is 6.54 Å². The Morgan fingerprint density at radius 3 is 2.30 bits per heavy atom. The molecule has 0 aliphatic rings. The van der Waals surface area contributed by atoms with Crippen LogP contribution in [0.3, 0.4) is 0 Å². The molecule has 0 aliphatic carbocycles. The summed E-state index contributed by atoms with van der Waals surface area (Å²) in [5.74, 6) is -0.0871. The second kappa shape index (κ2) is 6.68. The van der Waals surface area contributed by atoms with E-state index in [4.69, 9.17) is 18.0 Å². The Morgan fingerprint density at radius 1 is 1.05 bits per heavy atom. The van der Waals surface area contributed by atoms with Gasteiger partial charge >= 0.3 is 0 Å². The summed E-state index contributed by atoms with van der Waals surface area (Å²) in [5.41, 5.74) is 7.87. The Hall–Kier alpha value is -2.40. The Balaban J connectivity index is 1.91. The highest BCUT2D eigenvalue weighted by atomic mass is 32.1. The number of benzene rings is 2. The van der Waals surface area contributed by atoms with Crippen LogP contribution in [-0.4, -0.2) is 11.0 Å². The smallest absolute Gasteiger partial charge is 0.251 e. The van der Waals surface area contributed by atoms with Crippen molar-refractivity contribution >= 4 is 28.9 Å². The van der Waals surface area contributed by atoms with E-state index in [0.29, 0.717) is 12.1 Å². The van der Waals surface area contributed by atoms with E-state index < -0.39 is 0 Å². The number of nitrogens with two attached hydrogens (primary N) is 1. The van der Waals surface area contributed by atoms with Crippen LogP contribution in [0.5, 0.6) is 0 Å². The van der Waals surface area contributed by atoms with Crippen LogP contribution in [0.2, 0.25) is 0 Å². The minimum Gasteiger partial charge on any atom is -0.376 e. The van der Waals surface area contributed by atoms with Crippen LogP contribution in [0, 0.1) is 0 Å². The molecule has 0 bridgehead atoms. The van der Waals surface area contributed by atoms with Gasteiger partial charge < -0.3 is 16.4 Å². The molecule has 1 amide bonds. The van der Waals surface area contributed by atoms with Crippen molar-refractivity contribution in [1.29, 1.82) is 0 Å². The molecule has 20 heavy (non-hydrogen) atoms. The number of anilines is 1. The monoisotopic (exact) mass is 285 g/mol. The van der Waals surface area contributed by atoms with Gasteiger partial charge in [-0.2, -0.15) is 0 Å². The van der Waals surface area contributed by atoms with Gasteiger partial charge in [-0.3, -0.25) is 4.79 Å². The first-order valence-corrected chi connectivity index (χ1v) is 6.54. The van der Waals surface area contributed by atoms with Gasteiger partial charge in [0.05, 0.1) is 0 Å². The topological polar surface area (TPSA) is 67.2 Å². The molecular weight excluding hydrogens is 270 g/mol. The minimum atomic E-state index is -0.0871. The van der Waals surface area contributed by atoms with Crippen LogP contribution in [0.1, 0.15) is 15.9 Å². The molecule has 0 unspecified atom stereocenters. The summed E-state index contributed by atoms with van der Waals surface area (Å²) in [6.45, 7) is 0.473. The lowest BCUT2D eigenvalue weighted by Crippen LogP contribution is -2.22. The van der Waals surface area contributed by atoms with Crippen molar-refractivity contribution in [2.24, 2.45) is 5.73 Å². The quantitative estimate of drug-likeness (QED) is 0.754. The number of amides is 1. The Labute approximate surface area is 123 Å². The largest absolute Gasteiger partial charge is 0.376 e. The molecule has 0 aliphatic heterocycles. The van der Waals surface area contributed by atoms with Gasteiger partial charge in [0, 0.05) is 17.8 Å². The zero-order valence-electron chi connectivity index (χ0n) is 10.8. The maximum Gasteiger partial charge on any atom is 0.251 e. The molecule has 0 fully saturated rings. The van der Waals surface area contributed by atoms with Gasteiger partial charge in [0.15, 0.2) is 5.11 Å². The lowest BCUT2D eigenvalue weighted by molar-refractivity contribution is 0.0951. The molecule has 4 N–H and O–H groups in total. The van der Waals surface area contributed by atoms with Crippen molar-refractivity contribution in [1.82, 2.24) is 5.32 Å². The summed E-state index contributed by atoms with van der Waals surface area (Å²) >= 11 is 4.76. The average Bonchev–Trinajstić information content (AvgIpc) is 2.46. The average molecular weight is 285 g/mol. The first kappa shape index (κ1) is 14.0. The molecule has 5 heteroatoms. The molecule has 0 saturated heterocycles. The molecule has 0 heterocycles. The van der Waals surface area contributed by atoms with Gasteiger partial charge in [0.1, 0.15) is 0 Å². The van der Waals surface area contributed by atoms with Crippen molar-refractivity contribution in [2.75, 3.05) is 5.32 Å². The van der Waals surface area contributed by atoms with Gasteiger partial charge in [-0.1, -0.05) is 30.3 Å². The fourth-order valence-electron chi connectivity index (χ4n) is 1.72. The zero-order chi connectivity index (χ0) is 14.4. The second-order valence-electron chi connectivity index (χ2n) is 4.23. The number of thiocarbonyl (C=S) groups is 1. The zero-order valence-corrected chi connectivity index (χ0v) is 11.6. The van der Waals surface area contributed by atoms with E-state index in [1.807, 2.05) is 42.5 Å². The summed E-state index contributed by atoms with van der Waals surface area (Å²) in [6, 6.07) is 16.7. The van der Waals surface area contributed by atoms with Crippen LogP contribution < -0.4 is 16.4 Å². The summed E-state index contributed by atoms with van der Waals surface area (Å²) in [4.78, 5) is 11.9. The fourth-order valence-corrected chi connectivity index (χ4v) is 1.84. The van der Waals surface area contributed by atoms with E-state index in [1.54, 1.807) is 12.1 Å². The lowest BCUT2D eigenvalue weighted by Gasteiger charge is -2.07. The summed E-state index contributed by atoms with van der Waals surface area (Å²) in [7, 11) is 0. The first-order valence-electron chi connectivity index (χ1n) is 6.14. The lowest BCUT2D eigenvalue weighted by atomic mass is 10.2. The van der Waals surface area contributed by atoms with E-state index in [-0.39, 0.29) is 11.0 Å². The Morgan fingerprint density at radius 2 is 1.70 bits per heavy atom. The minimum absolute atomic E-state index is 0.0871. The highest BCUT2D eigenvalue weighted by molar-refractivity contribution is 7.80. The first-order chi connectivity index (χ1) is 9.65. The number of hydrogen-bond acceptors (Lipinski definition) is 2. The number of carbonyl (C=O) groups excluding carboxylic acids is 1. The highest BCUT2D eigenvalue weighted by Crippen LogP contribution is 2.09. The number of nitrogens with one attached hydrogen (secondary N) is 2.